The average Bonchev–Trinajstić information content (AvgIpc) is 2.67. The predicted octanol–water partition coefficient (Wildman–Crippen LogP) is 3.75. The highest BCUT2D eigenvalue weighted by molar-refractivity contribution is 5.86. The van der Waals surface area contributed by atoms with E-state index in [-0.39, 0.29) is 12.5 Å². The van der Waals surface area contributed by atoms with Crippen molar-refractivity contribution in [2.75, 3.05) is 20.3 Å². The van der Waals surface area contributed by atoms with Crippen LogP contribution >= 0.6 is 0 Å². The van der Waals surface area contributed by atoms with Gasteiger partial charge in [-0.15, -0.1) is 0 Å². The molecular weight excluding hydrogens is 344 g/mol. The van der Waals surface area contributed by atoms with Gasteiger partial charge >= 0.3 is 0 Å². The number of hydrogen-bond acceptors (Lipinski definition) is 5. The molecule has 1 amide bonds. The van der Waals surface area contributed by atoms with Crippen molar-refractivity contribution in [1.29, 1.82) is 0 Å². The Morgan fingerprint density at radius 1 is 1.19 bits per heavy atom. The lowest BCUT2D eigenvalue weighted by Gasteiger charge is -2.11. The fourth-order valence-electron chi connectivity index (χ4n) is 2.41. The molecule has 0 aliphatic rings. The van der Waals surface area contributed by atoms with Crippen molar-refractivity contribution >= 4 is 12.1 Å². The van der Waals surface area contributed by atoms with Gasteiger partial charge in [0.15, 0.2) is 18.1 Å². The first-order chi connectivity index (χ1) is 13.0. The van der Waals surface area contributed by atoms with Gasteiger partial charge in [-0.3, -0.25) is 4.79 Å². The molecule has 2 aromatic rings. The van der Waals surface area contributed by atoms with E-state index in [1.165, 1.54) is 6.21 Å². The average molecular weight is 370 g/mol. The van der Waals surface area contributed by atoms with Gasteiger partial charge in [-0.25, -0.2) is 5.43 Å². The molecule has 0 bridgehead atoms. The maximum Gasteiger partial charge on any atom is 0.277 e. The molecule has 0 aliphatic heterocycles. The van der Waals surface area contributed by atoms with Crippen LogP contribution in [0.3, 0.4) is 0 Å². The summed E-state index contributed by atoms with van der Waals surface area (Å²) in [7, 11) is 1.58. The van der Waals surface area contributed by atoms with Gasteiger partial charge in [0.2, 0.25) is 0 Å². The van der Waals surface area contributed by atoms with Crippen molar-refractivity contribution in [3.05, 3.63) is 53.6 Å². The van der Waals surface area contributed by atoms with Crippen LogP contribution in [0.4, 0.5) is 0 Å². The predicted molar refractivity (Wildman–Crippen MR) is 106 cm³/mol. The minimum absolute atomic E-state index is 0.116. The van der Waals surface area contributed by atoms with Crippen molar-refractivity contribution < 1.29 is 19.0 Å². The fourth-order valence-corrected chi connectivity index (χ4v) is 2.41. The second-order valence-corrected chi connectivity index (χ2v) is 6.12. The van der Waals surface area contributed by atoms with Crippen LogP contribution in [-0.4, -0.2) is 32.4 Å². The molecule has 2 aromatic carbocycles. The number of amides is 1. The summed E-state index contributed by atoms with van der Waals surface area (Å²) < 4.78 is 16.4. The zero-order valence-corrected chi connectivity index (χ0v) is 16.2. The number of hydrazone groups is 1. The van der Waals surface area contributed by atoms with E-state index in [1.807, 2.05) is 43.3 Å². The maximum absolute atomic E-state index is 12.0. The molecule has 0 spiro atoms. The molecule has 0 saturated heterocycles. The summed E-state index contributed by atoms with van der Waals surface area (Å²) in [6.07, 6.45) is 1.52. The monoisotopic (exact) mass is 370 g/mol. The van der Waals surface area contributed by atoms with E-state index in [9.17, 15) is 4.79 Å². The van der Waals surface area contributed by atoms with Crippen molar-refractivity contribution in [2.45, 2.75) is 26.7 Å². The smallest absolute Gasteiger partial charge is 0.277 e. The van der Waals surface area contributed by atoms with E-state index in [1.54, 1.807) is 13.2 Å². The molecule has 0 aliphatic carbocycles. The lowest BCUT2D eigenvalue weighted by Crippen LogP contribution is -2.24. The Balaban J connectivity index is 1.93. The maximum atomic E-state index is 12.0. The zero-order valence-electron chi connectivity index (χ0n) is 16.2. The molecule has 0 atom stereocenters. The van der Waals surface area contributed by atoms with Crippen LogP contribution in [0.2, 0.25) is 0 Å². The third kappa shape index (κ3) is 6.02. The summed E-state index contributed by atoms with van der Waals surface area (Å²) in [6.45, 7) is 6.48. The highest BCUT2D eigenvalue weighted by Gasteiger charge is 2.09. The van der Waals surface area contributed by atoms with Crippen molar-refractivity contribution in [2.24, 2.45) is 5.10 Å². The van der Waals surface area contributed by atoms with E-state index in [2.05, 4.69) is 24.4 Å². The first-order valence-corrected chi connectivity index (χ1v) is 8.89. The number of methoxy groups -OCH3 is 1. The molecule has 27 heavy (non-hydrogen) atoms. The molecule has 0 saturated carbocycles. The van der Waals surface area contributed by atoms with E-state index < -0.39 is 0 Å². The van der Waals surface area contributed by atoms with E-state index in [0.29, 0.717) is 35.3 Å². The van der Waals surface area contributed by atoms with Crippen molar-refractivity contribution in [1.82, 2.24) is 5.43 Å². The largest absolute Gasteiger partial charge is 0.493 e. The number of nitrogens with one attached hydrogen (secondary N) is 1. The number of rotatable bonds is 9. The zero-order chi connectivity index (χ0) is 19.6. The number of carbonyl (C=O) groups is 1. The summed E-state index contributed by atoms with van der Waals surface area (Å²) in [5.74, 6) is 1.91. The molecule has 0 heterocycles. The Bertz CT molecular complexity index is 788. The minimum Gasteiger partial charge on any atom is -0.493 e. The summed E-state index contributed by atoms with van der Waals surface area (Å²) in [5, 5.41) is 3.98. The molecule has 0 radical (unpaired) electrons. The van der Waals surface area contributed by atoms with Crippen LogP contribution in [0.1, 0.15) is 37.8 Å². The normalized spacial score (nSPS) is 10.9. The van der Waals surface area contributed by atoms with E-state index >= 15 is 0 Å². The van der Waals surface area contributed by atoms with Gasteiger partial charge in [0.1, 0.15) is 5.75 Å². The third-order valence-corrected chi connectivity index (χ3v) is 3.81. The summed E-state index contributed by atoms with van der Waals surface area (Å²) >= 11 is 0. The molecule has 6 heteroatoms. The van der Waals surface area contributed by atoms with E-state index in [0.717, 1.165) is 5.56 Å². The number of para-hydroxylation sites is 1. The molecular formula is C21H26N2O4. The van der Waals surface area contributed by atoms with Crippen molar-refractivity contribution in [3.8, 4) is 17.2 Å². The molecule has 0 fully saturated rings. The first-order valence-electron chi connectivity index (χ1n) is 8.89. The topological polar surface area (TPSA) is 69.2 Å². The van der Waals surface area contributed by atoms with Gasteiger partial charge in [0.25, 0.3) is 5.91 Å². The van der Waals surface area contributed by atoms with Gasteiger partial charge in [-0.05, 0) is 42.7 Å². The molecule has 0 aromatic heterocycles. The lowest BCUT2D eigenvalue weighted by atomic mass is 10.0. The van der Waals surface area contributed by atoms with Gasteiger partial charge in [-0.1, -0.05) is 32.0 Å². The fraction of sp³-hybridized carbons (Fsp3) is 0.333. The van der Waals surface area contributed by atoms with Gasteiger partial charge in [0, 0.05) is 5.56 Å². The first kappa shape index (κ1) is 20.3. The molecule has 6 nitrogen and oxygen atoms in total. The van der Waals surface area contributed by atoms with Crippen LogP contribution in [0.15, 0.2) is 47.6 Å². The Morgan fingerprint density at radius 3 is 2.67 bits per heavy atom. The van der Waals surface area contributed by atoms with Crippen molar-refractivity contribution in [3.63, 3.8) is 0 Å². The number of benzene rings is 2. The Hall–Kier alpha value is -3.02. The van der Waals surface area contributed by atoms with Gasteiger partial charge in [0.05, 0.1) is 19.9 Å². The number of ether oxygens (including phenoxy) is 3. The highest BCUT2D eigenvalue weighted by atomic mass is 16.5. The SMILES string of the molecule is CCOc1c(/C=N/NC(=O)COc2cccc(C(C)C)c2)cccc1OC. The van der Waals surface area contributed by atoms with Gasteiger partial charge in [-0.2, -0.15) is 5.10 Å². The quantitative estimate of drug-likeness (QED) is 0.539. The lowest BCUT2D eigenvalue weighted by molar-refractivity contribution is -0.123. The van der Waals surface area contributed by atoms with Crippen LogP contribution in [0.5, 0.6) is 17.2 Å². The number of nitrogens with zero attached hydrogens (tertiary/aromatic N) is 1. The van der Waals surface area contributed by atoms with Crippen LogP contribution < -0.4 is 19.6 Å². The Kier molecular flexibility index (Phi) is 7.67. The Labute approximate surface area is 160 Å². The highest BCUT2D eigenvalue weighted by Crippen LogP contribution is 2.29. The standard InChI is InChI=1S/C21H26N2O4/c1-5-26-21-17(9-7-11-19(21)25-4)13-22-23-20(24)14-27-18-10-6-8-16(12-18)15(2)3/h6-13,15H,5,14H2,1-4H3,(H,23,24)/b22-13+. The minimum atomic E-state index is -0.345. The second kappa shape index (κ2) is 10.2. The third-order valence-electron chi connectivity index (χ3n) is 3.81. The van der Waals surface area contributed by atoms with Crippen LogP contribution in [-0.2, 0) is 4.79 Å². The van der Waals surface area contributed by atoms with Crippen LogP contribution in [0.25, 0.3) is 0 Å². The van der Waals surface area contributed by atoms with Gasteiger partial charge < -0.3 is 14.2 Å². The molecule has 2 rings (SSSR count). The van der Waals surface area contributed by atoms with Crippen LogP contribution in [0, 0.1) is 0 Å². The Morgan fingerprint density at radius 2 is 1.96 bits per heavy atom. The summed E-state index contributed by atoms with van der Waals surface area (Å²) in [4.78, 5) is 12.0. The summed E-state index contributed by atoms with van der Waals surface area (Å²) in [6, 6.07) is 13.2. The summed E-state index contributed by atoms with van der Waals surface area (Å²) in [5.41, 5.74) is 4.32. The number of hydrogen-bond donors (Lipinski definition) is 1. The number of carbonyl (C=O) groups excluding carboxylic acids is 1. The molecule has 144 valence electrons. The van der Waals surface area contributed by atoms with E-state index in [4.69, 9.17) is 14.2 Å². The second-order valence-electron chi connectivity index (χ2n) is 6.12. The molecule has 0 unspecified atom stereocenters. The molecule has 1 N–H and O–H groups in total.